The fourth-order valence-electron chi connectivity index (χ4n) is 20.1. The maximum atomic E-state index is 2.73. The monoisotopic (exact) mass is 1560 g/mol. The fraction of sp³-hybridized carbons (Fsp3) is 0. The van der Waals surface area contributed by atoms with Crippen molar-refractivity contribution in [1.29, 1.82) is 0 Å². The van der Waals surface area contributed by atoms with Crippen LogP contribution in [-0.2, 0) is 0 Å². The third-order valence-electron chi connectivity index (χ3n) is 25.7. The van der Waals surface area contributed by atoms with Gasteiger partial charge in [-0.25, -0.2) is 0 Å². The number of aromatic nitrogens is 1. The van der Waals surface area contributed by atoms with Gasteiger partial charge >= 0.3 is 0 Å². The van der Waals surface area contributed by atoms with E-state index in [2.05, 4.69) is 486 Å². The quantitative estimate of drug-likeness (QED) is 0.0751. The average molecular weight is 1560 g/mol. The molecular formula is C118H77BN4. The van der Waals surface area contributed by atoms with Crippen LogP contribution < -0.4 is 31.1 Å². The summed E-state index contributed by atoms with van der Waals surface area (Å²) in [7, 11) is 0. The maximum absolute atomic E-state index is 2.73. The number of hydrogen-bond acceptors (Lipinski definition) is 3. The van der Waals surface area contributed by atoms with E-state index in [1.165, 1.54) is 65.0 Å². The van der Waals surface area contributed by atoms with Crippen LogP contribution in [0, 0.1) is 0 Å². The number of fused-ring (bicyclic) bond motifs is 7. The number of nitrogens with zero attached hydrogens (tertiary/aromatic N) is 4. The molecule has 22 aromatic rings. The van der Waals surface area contributed by atoms with Crippen molar-refractivity contribution in [3.05, 3.63) is 467 Å². The van der Waals surface area contributed by atoms with Gasteiger partial charge in [0.05, 0.1) is 28.1 Å². The Morgan fingerprint density at radius 2 is 0.537 bits per heavy atom. The molecule has 1 aromatic heterocycles. The summed E-state index contributed by atoms with van der Waals surface area (Å²) in [5, 5.41) is 9.90. The van der Waals surface area contributed by atoms with E-state index in [1.807, 2.05) is 0 Å². The Labute approximate surface area is 715 Å². The zero-order chi connectivity index (χ0) is 81.0. The van der Waals surface area contributed by atoms with E-state index in [9.17, 15) is 0 Å². The Balaban J connectivity index is 0.890. The minimum Gasteiger partial charge on any atom is -0.310 e. The molecule has 0 spiro atoms. The van der Waals surface area contributed by atoms with Crippen LogP contribution in [0.3, 0.4) is 0 Å². The summed E-state index contributed by atoms with van der Waals surface area (Å²) in [5.41, 5.74) is 36.3. The lowest BCUT2D eigenvalue weighted by atomic mass is 9.33. The molecule has 0 amide bonds. The van der Waals surface area contributed by atoms with Gasteiger partial charge in [0.2, 0.25) is 0 Å². The van der Waals surface area contributed by atoms with Gasteiger partial charge in [0.15, 0.2) is 0 Å². The van der Waals surface area contributed by atoms with Gasteiger partial charge in [-0.1, -0.05) is 376 Å². The van der Waals surface area contributed by atoms with Gasteiger partial charge in [0.25, 0.3) is 6.71 Å². The van der Waals surface area contributed by atoms with Crippen LogP contribution in [0.15, 0.2) is 467 Å². The van der Waals surface area contributed by atoms with E-state index in [0.717, 1.165) is 162 Å². The van der Waals surface area contributed by atoms with Gasteiger partial charge in [-0.2, -0.15) is 0 Å². The summed E-state index contributed by atoms with van der Waals surface area (Å²) in [5.74, 6) is 0. The first-order chi connectivity index (χ1) is 61.0. The number of rotatable bonds is 15. The zero-order valence-corrected chi connectivity index (χ0v) is 67.3. The first kappa shape index (κ1) is 71.1. The van der Waals surface area contributed by atoms with E-state index in [1.54, 1.807) is 0 Å². The molecule has 24 rings (SSSR count). The van der Waals surface area contributed by atoms with Crippen molar-refractivity contribution >= 4 is 128 Å². The van der Waals surface area contributed by atoms with Crippen molar-refractivity contribution in [2.75, 3.05) is 14.7 Å². The molecule has 0 fully saturated rings. The third-order valence-corrected chi connectivity index (χ3v) is 25.7. The molecule has 0 aliphatic carbocycles. The molecule has 0 N–H and O–H groups in total. The fourth-order valence-corrected chi connectivity index (χ4v) is 20.1. The number of para-hydroxylation sites is 2. The normalized spacial score (nSPS) is 12.2. The summed E-state index contributed by atoms with van der Waals surface area (Å²) in [6.07, 6.45) is 0. The Morgan fingerprint density at radius 1 is 0.195 bits per heavy atom. The van der Waals surface area contributed by atoms with Crippen molar-refractivity contribution in [2.45, 2.75) is 0 Å². The highest BCUT2D eigenvalue weighted by atomic mass is 15.2. The average Bonchev–Trinajstić information content (AvgIpc) is 0.881. The van der Waals surface area contributed by atoms with Gasteiger partial charge in [0.1, 0.15) is 0 Å². The number of anilines is 9. The molecule has 572 valence electrons. The first-order valence-electron chi connectivity index (χ1n) is 42.5. The van der Waals surface area contributed by atoms with Crippen LogP contribution in [0.1, 0.15) is 0 Å². The summed E-state index contributed by atoms with van der Waals surface area (Å²) >= 11 is 0. The Kier molecular flexibility index (Phi) is 17.0. The lowest BCUT2D eigenvalue weighted by Crippen LogP contribution is -2.61. The molecule has 0 saturated carbocycles. The van der Waals surface area contributed by atoms with Crippen molar-refractivity contribution in [3.63, 3.8) is 0 Å². The summed E-state index contributed by atoms with van der Waals surface area (Å²) in [6, 6.07) is 175. The molecule has 4 nitrogen and oxygen atoms in total. The maximum Gasteiger partial charge on any atom is 0.252 e. The molecule has 0 atom stereocenters. The predicted octanol–water partition coefficient (Wildman–Crippen LogP) is 30.2. The zero-order valence-electron chi connectivity index (χ0n) is 67.3. The second kappa shape index (κ2) is 29.5. The van der Waals surface area contributed by atoms with Crippen LogP contribution in [0.5, 0.6) is 0 Å². The predicted molar refractivity (Wildman–Crippen MR) is 522 cm³/mol. The van der Waals surface area contributed by atoms with E-state index in [-0.39, 0.29) is 6.71 Å². The smallest absolute Gasteiger partial charge is 0.252 e. The van der Waals surface area contributed by atoms with Gasteiger partial charge in [-0.15, -0.1) is 0 Å². The minimum atomic E-state index is -0.360. The molecule has 0 unspecified atom stereocenters. The molecule has 0 bridgehead atoms. The van der Waals surface area contributed by atoms with E-state index >= 15 is 0 Å². The molecule has 0 saturated heterocycles. The molecular weight excluding hydrogens is 1480 g/mol. The summed E-state index contributed by atoms with van der Waals surface area (Å²) < 4.78 is 2.50. The standard InChI is InChI=1S/C118H77BN4/c1-9-30-78(31-10-1)82-54-61-94(62-55-82)120(95-63-56-83(57-64-95)79-32-11-2-12-33-79)97-76-112-116-113(77-97)123(118-104(86-42-21-7-22-43-86)72-93(81-36-15-4-16-37-81)73-105(118)87-44-23-8-24-45-87)111-75-96(121-108-50-27-25-48-99(108)100-49-26-28-51-109(100)121)65-69-107(111)119(116)106-68-60-91(98-66-58-90-53-52-88-46-29-47-89-59-67-101(98)115(90)114(88)89)74-110(106)122(112)117-102(84-38-17-5-18-39-84)70-92(80-34-13-3-14-35-80)71-103(117)85-40-19-6-20-41-85/h1-77H. The number of benzene rings is 21. The lowest BCUT2D eigenvalue weighted by molar-refractivity contribution is 1.17. The molecule has 123 heavy (non-hydrogen) atoms. The van der Waals surface area contributed by atoms with Crippen LogP contribution in [0.2, 0.25) is 0 Å². The highest BCUT2D eigenvalue weighted by Gasteiger charge is 2.47. The summed E-state index contributed by atoms with van der Waals surface area (Å²) in [6.45, 7) is -0.360. The second-order valence-electron chi connectivity index (χ2n) is 32.6. The molecule has 3 heterocycles. The molecule has 5 heteroatoms. The van der Waals surface area contributed by atoms with Crippen LogP contribution in [0.25, 0.3) is 160 Å². The van der Waals surface area contributed by atoms with Gasteiger partial charge in [0, 0.05) is 72.8 Å². The second-order valence-corrected chi connectivity index (χ2v) is 32.6. The molecule has 2 aliphatic rings. The van der Waals surface area contributed by atoms with Crippen molar-refractivity contribution < 1.29 is 0 Å². The first-order valence-corrected chi connectivity index (χ1v) is 42.5. The highest BCUT2D eigenvalue weighted by molar-refractivity contribution is 7.00. The molecule has 0 radical (unpaired) electrons. The summed E-state index contributed by atoms with van der Waals surface area (Å²) in [4.78, 5) is 7.97. The number of hydrogen-bond donors (Lipinski definition) is 0. The minimum absolute atomic E-state index is 0.360. The topological polar surface area (TPSA) is 14.7 Å². The third kappa shape index (κ3) is 12.0. The van der Waals surface area contributed by atoms with Crippen molar-refractivity contribution in [1.82, 2.24) is 4.57 Å². The van der Waals surface area contributed by atoms with Crippen LogP contribution in [-0.4, -0.2) is 11.3 Å². The Bertz CT molecular complexity index is 7540. The SMILES string of the molecule is c1ccc(-c2ccc(N(c3ccc(-c4ccccc4)cc3)c3cc4c5c(c3)N(c3c(-c6ccccc6)cc(-c6ccccc6)cc3-c3ccccc3)c3cc(-n6c7ccccc7c7ccccc76)ccc3B5c3ccc(-c5ccc6ccc7cccc8ccc5c6c78)cc3N4c3c(-c4ccccc4)cc(-c4ccccc4)cc3-c3ccccc3)cc2)cc1. The Morgan fingerprint density at radius 3 is 0.967 bits per heavy atom. The lowest BCUT2D eigenvalue weighted by Gasteiger charge is -2.46. The largest absolute Gasteiger partial charge is 0.310 e. The van der Waals surface area contributed by atoms with Crippen molar-refractivity contribution in [3.8, 4) is 106 Å². The highest BCUT2D eigenvalue weighted by Crippen LogP contribution is 2.57. The van der Waals surface area contributed by atoms with Gasteiger partial charge in [-0.3, -0.25) is 0 Å². The van der Waals surface area contributed by atoms with E-state index < -0.39 is 0 Å². The van der Waals surface area contributed by atoms with Crippen molar-refractivity contribution in [2.24, 2.45) is 0 Å². The van der Waals surface area contributed by atoms with E-state index in [4.69, 9.17) is 0 Å². The van der Waals surface area contributed by atoms with E-state index in [0.29, 0.717) is 0 Å². The Hall–Kier alpha value is -16.1. The molecule has 21 aromatic carbocycles. The van der Waals surface area contributed by atoms with Gasteiger partial charge in [-0.05, 0) is 218 Å². The van der Waals surface area contributed by atoms with Crippen LogP contribution in [0.4, 0.5) is 51.2 Å². The molecule has 2 aliphatic heterocycles. The van der Waals surface area contributed by atoms with Gasteiger partial charge < -0.3 is 19.3 Å². The van der Waals surface area contributed by atoms with Crippen LogP contribution >= 0.6 is 0 Å².